The molecule has 0 saturated carbocycles. The second-order valence-corrected chi connectivity index (χ2v) is 10.8. The Kier molecular flexibility index (Phi) is 7.68. The predicted molar refractivity (Wildman–Crippen MR) is 134 cm³/mol. The number of aryl methyl sites for hydroxylation is 1. The fourth-order valence-corrected chi connectivity index (χ4v) is 5.63. The molecule has 4 rings (SSSR count). The summed E-state index contributed by atoms with van der Waals surface area (Å²) < 4.78 is 27.1. The van der Waals surface area contributed by atoms with Gasteiger partial charge in [-0.15, -0.1) is 0 Å². The maximum absolute atomic E-state index is 13.0. The highest BCUT2D eigenvalue weighted by Crippen LogP contribution is 2.27. The number of carbonyl (C=O) groups excluding carboxylic acids is 1. The van der Waals surface area contributed by atoms with Crippen LogP contribution in [0.5, 0.6) is 0 Å². The number of hydrogen-bond acceptors (Lipinski definition) is 5. The molecule has 0 atom stereocenters. The molecule has 0 aliphatic carbocycles. The second kappa shape index (κ2) is 10.7. The van der Waals surface area contributed by atoms with Crippen molar-refractivity contribution in [2.24, 2.45) is 0 Å². The lowest BCUT2D eigenvalue weighted by Gasteiger charge is -2.28. The summed E-state index contributed by atoms with van der Waals surface area (Å²) in [6.45, 7) is 0.639. The molecular formula is C26H27ClN2O4S. The van der Waals surface area contributed by atoms with Crippen molar-refractivity contribution >= 4 is 38.8 Å². The highest BCUT2D eigenvalue weighted by atomic mass is 35.5. The third-order valence-corrected chi connectivity index (χ3v) is 8.11. The minimum Gasteiger partial charge on any atom is -0.393 e. The first kappa shape index (κ1) is 24.4. The summed E-state index contributed by atoms with van der Waals surface area (Å²) in [6.07, 6.45) is 1.23. The van der Waals surface area contributed by atoms with E-state index in [0.717, 1.165) is 11.3 Å². The van der Waals surface area contributed by atoms with E-state index in [1.54, 1.807) is 42.5 Å². The smallest absolute Gasteiger partial charge is 0.243 e. The number of benzene rings is 3. The normalized spacial score (nSPS) is 15.2. The van der Waals surface area contributed by atoms with Crippen LogP contribution in [0.4, 0.5) is 11.4 Å². The Morgan fingerprint density at radius 3 is 2.35 bits per heavy atom. The Balaban J connectivity index is 1.42. The van der Waals surface area contributed by atoms with Gasteiger partial charge < -0.3 is 10.4 Å². The number of ketones is 1. The minimum absolute atomic E-state index is 0.0290. The summed E-state index contributed by atoms with van der Waals surface area (Å²) in [5, 5.41) is 13.4. The summed E-state index contributed by atoms with van der Waals surface area (Å²) in [5.41, 5.74) is 2.95. The molecule has 0 amide bonds. The van der Waals surface area contributed by atoms with E-state index in [2.05, 4.69) is 5.32 Å². The zero-order valence-electron chi connectivity index (χ0n) is 18.7. The molecule has 3 aromatic carbocycles. The van der Waals surface area contributed by atoms with Gasteiger partial charge in [0.05, 0.1) is 16.7 Å². The number of nitrogens with zero attached hydrogens (tertiary/aromatic N) is 1. The van der Waals surface area contributed by atoms with Crippen LogP contribution in [0.25, 0.3) is 0 Å². The molecule has 1 heterocycles. The molecule has 178 valence electrons. The van der Waals surface area contributed by atoms with Crippen LogP contribution < -0.4 is 5.32 Å². The van der Waals surface area contributed by atoms with Crippen molar-refractivity contribution in [2.75, 3.05) is 18.4 Å². The first-order valence-corrected chi connectivity index (χ1v) is 13.1. The molecule has 0 spiro atoms. The molecule has 34 heavy (non-hydrogen) atoms. The molecule has 0 aromatic heterocycles. The number of Topliss-reactive ketones (excluding diaryl/α,β-unsaturated/α-hetero) is 1. The van der Waals surface area contributed by atoms with Crippen molar-refractivity contribution in [3.8, 4) is 0 Å². The second-order valence-electron chi connectivity index (χ2n) is 8.38. The number of sulfonamides is 1. The number of para-hydroxylation sites is 1. The van der Waals surface area contributed by atoms with E-state index in [1.165, 1.54) is 4.31 Å². The number of rotatable bonds is 8. The van der Waals surface area contributed by atoms with Gasteiger partial charge in [0.15, 0.2) is 5.78 Å². The van der Waals surface area contributed by atoms with Gasteiger partial charge in [0.25, 0.3) is 0 Å². The van der Waals surface area contributed by atoms with Crippen LogP contribution in [0.15, 0.2) is 77.7 Å². The van der Waals surface area contributed by atoms with Crippen molar-refractivity contribution in [2.45, 2.75) is 36.7 Å². The van der Waals surface area contributed by atoms with Crippen LogP contribution in [0.3, 0.4) is 0 Å². The van der Waals surface area contributed by atoms with Crippen LogP contribution in [-0.2, 0) is 16.4 Å². The summed E-state index contributed by atoms with van der Waals surface area (Å²) in [5.74, 6) is -0.0290. The first-order chi connectivity index (χ1) is 16.3. The van der Waals surface area contributed by atoms with Gasteiger partial charge in [0, 0.05) is 35.8 Å². The van der Waals surface area contributed by atoms with Gasteiger partial charge >= 0.3 is 0 Å². The molecule has 0 bridgehead atoms. The lowest BCUT2D eigenvalue weighted by molar-refractivity contribution is 0.0983. The standard InChI is InChI=1S/C26H27ClN2O4S/c27-20-9-12-24(25(18-20)28-21-4-2-1-3-5-21)26(31)13-8-19-6-10-23(11-7-19)34(32,33)29-16-14-22(30)15-17-29/h1-7,9-12,18,22,28,30H,8,13-17H2. The first-order valence-electron chi connectivity index (χ1n) is 11.2. The number of aliphatic hydroxyl groups is 1. The van der Waals surface area contributed by atoms with E-state index in [1.807, 2.05) is 30.3 Å². The zero-order valence-corrected chi connectivity index (χ0v) is 20.2. The maximum Gasteiger partial charge on any atom is 0.243 e. The quantitative estimate of drug-likeness (QED) is 0.425. The lowest BCUT2D eigenvalue weighted by Crippen LogP contribution is -2.39. The topological polar surface area (TPSA) is 86.7 Å². The Labute approximate surface area is 205 Å². The number of hydrogen-bond donors (Lipinski definition) is 2. The number of piperidine rings is 1. The monoisotopic (exact) mass is 498 g/mol. The number of carbonyl (C=O) groups is 1. The van der Waals surface area contributed by atoms with Crippen molar-refractivity contribution in [1.29, 1.82) is 0 Å². The molecule has 1 aliphatic rings. The van der Waals surface area contributed by atoms with E-state index in [4.69, 9.17) is 11.6 Å². The Bertz CT molecular complexity index is 1240. The Morgan fingerprint density at radius 2 is 1.68 bits per heavy atom. The maximum atomic E-state index is 13.0. The number of anilines is 2. The Hall–Kier alpha value is -2.71. The average molecular weight is 499 g/mol. The number of halogens is 1. The molecule has 1 saturated heterocycles. The molecule has 0 unspecified atom stereocenters. The molecule has 3 aromatic rings. The molecular weight excluding hydrogens is 472 g/mol. The Morgan fingerprint density at radius 1 is 1.00 bits per heavy atom. The van der Waals surface area contributed by atoms with Gasteiger partial charge in [-0.05, 0) is 67.3 Å². The molecule has 0 radical (unpaired) electrons. The summed E-state index contributed by atoms with van der Waals surface area (Å²) in [4.78, 5) is 13.2. The van der Waals surface area contributed by atoms with Gasteiger partial charge in [-0.1, -0.05) is 41.9 Å². The predicted octanol–water partition coefficient (Wildman–Crippen LogP) is 5.04. The van der Waals surface area contributed by atoms with E-state index in [-0.39, 0.29) is 17.1 Å². The number of nitrogens with one attached hydrogen (secondary N) is 1. The molecule has 6 nitrogen and oxygen atoms in total. The van der Waals surface area contributed by atoms with Crippen molar-refractivity contribution in [3.05, 3.63) is 88.9 Å². The SMILES string of the molecule is O=C(CCc1ccc(S(=O)(=O)N2CCC(O)CC2)cc1)c1ccc(Cl)cc1Nc1ccccc1. The molecule has 1 fully saturated rings. The third-order valence-electron chi connectivity index (χ3n) is 5.96. The van der Waals surface area contributed by atoms with E-state index < -0.39 is 16.1 Å². The minimum atomic E-state index is -3.58. The van der Waals surface area contributed by atoms with Crippen molar-refractivity contribution < 1.29 is 18.3 Å². The average Bonchev–Trinajstić information content (AvgIpc) is 2.84. The van der Waals surface area contributed by atoms with Crippen LogP contribution in [0, 0.1) is 0 Å². The molecule has 8 heteroatoms. The summed E-state index contributed by atoms with van der Waals surface area (Å²) in [7, 11) is -3.58. The van der Waals surface area contributed by atoms with Gasteiger partial charge in [-0.3, -0.25) is 4.79 Å². The molecule has 1 aliphatic heterocycles. The highest BCUT2D eigenvalue weighted by molar-refractivity contribution is 7.89. The van der Waals surface area contributed by atoms with E-state index in [0.29, 0.717) is 48.6 Å². The van der Waals surface area contributed by atoms with Crippen LogP contribution in [0.2, 0.25) is 5.02 Å². The van der Waals surface area contributed by atoms with Crippen LogP contribution in [-0.4, -0.2) is 42.8 Å². The van der Waals surface area contributed by atoms with E-state index in [9.17, 15) is 18.3 Å². The summed E-state index contributed by atoms with van der Waals surface area (Å²) in [6, 6.07) is 21.4. The van der Waals surface area contributed by atoms with Gasteiger partial charge in [0.2, 0.25) is 10.0 Å². The van der Waals surface area contributed by atoms with Crippen molar-refractivity contribution in [3.63, 3.8) is 0 Å². The zero-order chi connectivity index (χ0) is 24.1. The largest absolute Gasteiger partial charge is 0.393 e. The van der Waals surface area contributed by atoms with Crippen molar-refractivity contribution in [1.82, 2.24) is 4.31 Å². The van der Waals surface area contributed by atoms with Gasteiger partial charge in [-0.25, -0.2) is 8.42 Å². The highest BCUT2D eigenvalue weighted by Gasteiger charge is 2.28. The van der Waals surface area contributed by atoms with Gasteiger partial charge in [-0.2, -0.15) is 4.31 Å². The van der Waals surface area contributed by atoms with Gasteiger partial charge in [0.1, 0.15) is 0 Å². The lowest BCUT2D eigenvalue weighted by atomic mass is 10.0. The van der Waals surface area contributed by atoms with E-state index >= 15 is 0 Å². The number of aliphatic hydroxyl groups excluding tert-OH is 1. The summed E-state index contributed by atoms with van der Waals surface area (Å²) >= 11 is 6.16. The fourth-order valence-electron chi connectivity index (χ4n) is 3.99. The third kappa shape index (κ3) is 5.85. The fraction of sp³-hybridized carbons (Fsp3) is 0.269. The van der Waals surface area contributed by atoms with Crippen LogP contribution in [0.1, 0.15) is 35.2 Å². The molecule has 2 N–H and O–H groups in total. The van der Waals surface area contributed by atoms with Crippen LogP contribution >= 0.6 is 11.6 Å².